The predicted molar refractivity (Wildman–Crippen MR) is 145 cm³/mol. The third kappa shape index (κ3) is 4.56. The molecule has 5 aliphatic rings. The van der Waals surface area contributed by atoms with E-state index in [0.29, 0.717) is 18.4 Å². The lowest BCUT2D eigenvalue weighted by molar-refractivity contribution is -0.0191. The molecule has 6 heteroatoms. The summed E-state index contributed by atoms with van der Waals surface area (Å²) in [5.74, 6) is 2.19. The van der Waals surface area contributed by atoms with E-state index in [1.54, 1.807) is 0 Å². The summed E-state index contributed by atoms with van der Waals surface area (Å²) in [6, 6.07) is 4.30. The number of hydrogen-bond donors (Lipinski definition) is 0. The van der Waals surface area contributed by atoms with Gasteiger partial charge in [0.25, 0.3) is 0 Å². The standard InChI is InChI=1S/C31H41N3O3/c1-30-13-11-24(33-37-29(35)36-19-18-34-16-3-4-17-34)20-23(30)7-8-25-27-10-9-26(22-6-5-15-32-21-22)31(27,2)14-12-28(25)30/h5-6,9,15,20-21,25,27-28H,3-4,7-8,10-14,16-19H2,1-2H3/t25-,27+,28+,30+,31-/m1/s1. The van der Waals surface area contributed by atoms with Gasteiger partial charge < -0.3 is 4.74 Å². The molecule has 4 aliphatic carbocycles. The van der Waals surface area contributed by atoms with Crippen LogP contribution < -0.4 is 0 Å². The third-order valence-electron chi connectivity index (χ3n) is 10.6. The molecule has 198 valence electrons. The lowest BCUT2D eigenvalue weighted by atomic mass is 9.46. The van der Waals surface area contributed by atoms with Crippen LogP contribution in [0.5, 0.6) is 0 Å². The summed E-state index contributed by atoms with van der Waals surface area (Å²) in [7, 11) is 0. The minimum Gasteiger partial charge on any atom is -0.431 e. The number of allylic oxidation sites excluding steroid dienone is 4. The first-order valence-electron chi connectivity index (χ1n) is 14.4. The summed E-state index contributed by atoms with van der Waals surface area (Å²) in [5.41, 5.74) is 5.69. The quantitative estimate of drug-likeness (QED) is 0.256. The second-order valence-electron chi connectivity index (χ2n) is 12.4. The molecule has 1 aromatic heterocycles. The maximum Gasteiger partial charge on any atom is 0.535 e. The second kappa shape index (κ2) is 10.0. The smallest absolute Gasteiger partial charge is 0.431 e. The summed E-state index contributed by atoms with van der Waals surface area (Å²) in [4.78, 5) is 23.9. The zero-order chi connectivity index (χ0) is 25.5. The SMILES string of the molecule is C[C@]12CCC(=NOC(=O)OCCN3CCCC3)C=C1CC[C@H]1[C@@H]2CC[C@]2(C)C(c3cccnc3)=CC[C@@H]12. The summed E-state index contributed by atoms with van der Waals surface area (Å²) in [6.07, 6.45) is 18.5. The van der Waals surface area contributed by atoms with Gasteiger partial charge in [0.2, 0.25) is 0 Å². The number of carbonyl (C=O) groups is 1. The zero-order valence-electron chi connectivity index (χ0n) is 22.5. The van der Waals surface area contributed by atoms with Crippen LogP contribution >= 0.6 is 0 Å². The molecule has 0 amide bonds. The summed E-state index contributed by atoms with van der Waals surface area (Å²) >= 11 is 0. The Labute approximate surface area is 221 Å². The Bertz CT molecular complexity index is 1110. The highest BCUT2D eigenvalue weighted by molar-refractivity contribution is 5.96. The van der Waals surface area contributed by atoms with Crippen LogP contribution in [0.2, 0.25) is 0 Å². The molecule has 3 fully saturated rings. The van der Waals surface area contributed by atoms with E-state index in [1.165, 1.54) is 55.2 Å². The van der Waals surface area contributed by atoms with Gasteiger partial charge in [0, 0.05) is 18.9 Å². The number of rotatable bonds is 5. The minimum atomic E-state index is -0.688. The Kier molecular flexibility index (Phi) is 6.72. The number of hydrogen-bond acceptors (Lipinski definition) is 6. The maximum atomic E-state index is 12.1. The van der Waals surface area contributed by atoms with Crippen molar-refractivity contribution in [1.29, 1.82) is 0 Å². The molecule has 2 saturated carbocycles. The molecule has 0 N–H and O–H groups in total. The van der Waals surface area contributed by atoms with E-state index in [1.807, 2.05) is 12.4 Å². The van der Waals surface area contributed by atoms with Crippen LogP contribution in [0.4, 0.5) is 4.79 Å². The van der Waals surface area contributed by atoms with Gasteiger partial charge >= 0.3 is 6.16 Å². The van der Waals surface area contributed by atoms with E-state index < -0.39 is 6.16 Å². The topological polar surface area (TPSA) is 64.0 Å². The second-order valence-corrected chi connectivity index (χ2v) is 12.4. The van der Waals surface area contributed by atoms with Crippen molar-refractivity contribution < 1.29 is 14.4 Å². The highest BCUT2D eigenvalue weighted by atomic mass is 16.8. The van der Waals surface area contributed by atoms with Gasteiger partial charge in [-0.25, -0.2) is 4.79 Å². The Morgan fingerprint density at radius 2 is 2.00 bits per heavy atom. The summed E-state index contributed by atoms with van der Waals surface area (Å²) in [6.45, 7) is 8.33. The van der Waals surface area contributed by atoms with Crippen molar-refractivity contribution in [3.8, 4) is 0 Å². The number of aromatic nitrogens is 1. The molecule has 0 aromatic carbocycles. The van der Waals surface area contributed by atoms with Gasteiger partial charge in [-0.1, -0.05) is 36.7 Å². The summed E-state index contributed by atoms with van der Waals surface area (Å²) < 4.78 is 5.24. The van der Waals surface area contributed by atoms with E-state index in [2.05, 4.69) is 53.2 Å². The van der Waals surface area contributed by atoms with Crippen LogP contribution in [0.3, 0.4) is 0 Å². The minimum absolute atomic E-state index is 0.219. The van der Waals surface area contributed by atoms with Crippen LogP contribution in [0.15, 0.2) is 47.4 Å². The molecule has 1 aliphatic heterocycles. The monoisotopic (exact) mass is 503 g/mol. The van der Waals surface area contributed by atoms with Gasteiger partial charge in [0.15, 0.2) is 0 Å². The third-order valence-corrected chi connectivity index (χ3v) is 10.6. The number of fused-ring (bicyclic) bond motifs is 5. The normalized spacial score (nSPS) is 36.3. The lowest BCUT2D eigenvalue weighted by Crippen LogP contribution is -2.49. The Hall–Kier alpha value is -2.47. The van der Waals surface area contributed by atoms with Crippen molar-refractivity contribution in [1.82, 2.24) is 9.88 Å². The first-order chi connectivity index (χ1) is 18.0. The fourth-order valence-electron chi connectivity index (χ4n) is 8.57. The number of oxime groups is 1. The van der Waals surface area contributed by atoms with Crippen molar-refractivity contribution in [3.05, 3.63) is 47.8 Å². The van der Waals surface area contributed by atoms with Crippen LogP contribution in [-0.4, -0.2) is 48.0 Å². The van der Waals surface area contributed by atoms with Crippen LogP contribution in [0, 0.1) is 28.6 Å². The fourth-order valence-corrected chi connectivity index (χ4v) is 8.57. The molecule has 6 nitrogen and oxygen atoms in total. The summed E-state index contributed by atoms with van der Waals surface area (Å²) in [5, 5.41) is 4.21. The Morgan fingerprint density at radius 1 is 1.14 bits per heavy atom. The van der Waals surface area contributed by atoms with E-state index >= 15 is 0 Å². The Morgan fingerprint density at radius 3 is 2.81 bits per heavy atom. The van der Waals surface area contributed by atoms with Crippen LogP contribution in [-0.2, 0) is 9.57 Å². The molecule has 1 aromatic rings. The average Bonchev–Trinajstić information content (AvgIpc) is 3.55. The molecule has 0 unspecified atom stereocenters. The van der Waals surface area contributed by atoms with E-state index in [9.17, 15) is 4.79 Å². The van der Waals surface area contributed by atoms with Gasteiger partial charge in [0.1, 0.15) is 6.61 Å². The molecule has 0 bridgehead atoms. The molecular weight excluding hydrogens is 462 g/mol. The lowest BCUT2D eigenvalue weighted by Gasteiger charge is -2.58. The molecular formula is C31H41N3O3. The van der Waals surface area contributed by atoms with Crippen molar-refractivity contribution in [2.45, 2.75) is 71.6 Å². The Balaban J connectivity index is 1.10. The molecule has 2 heterocycles. The van der Waals surface area contributed by atoms with Crippen LogP contribution in [0.1, 0.15) is 77.2 Å². The first-order valence-corrected chi connectivity index (χ1v) is 14.4. The molecule has 0 radical (unpaired) electrons. The molecule has 5 atom stereocenters. The fraction of sp³-hybridized carbons (Fsp3) is 0.645. The molecule has 6 rings (SSSR count). The molecule has 0 spiro atoms. The van der Waals surface area contributed by atoms with Crippen molar-refractivity contribution >= 4 is 17.4 Å². The van der Waals surface area contributed by atoms with Crippen LogP contribution in [0.25, 0.3) is 5.57 Å². The first kappa shape index (κ1) is 24.8. The van der Waals surface area contributed by atoms with Gasteiger partial charge in [-0.3, -0.25) is 14.7 Å². The number of ether oxygens (including phenoxy) is 1. The largest absolute Gasteiger partial charge is 0.535 e. The van der Waals surface area contributed by atoms with Gasteiger partial charge in [-0.05, 0) is 123 Å². The number of pyridine rings is 1. The van der Waals surface area contributed by atoms with E-state index in [-0.39, 0.29) is 10.8 Å². The van der Waals surface area contributed by atoms with Crippen molar-refractivity contribution in [2.75, 3.05) is 26.2 Å². The van der Waals surface area contributed by atoms with Gasteiger partial charge in [-0.2, -0.15) is 0 Å². The predicted octanol–water partition coefficient (Wildman–Crippen LogP) is 6.64. The number of nitrogens with zero attached hydrogens (tertiary/aromatic N) is 3. The molecule has 1 saturated heterocycles. The maximum absolute atomic E-state index is 12.1. The van der Waals surface area contributed by atoms with E-state index in [4.69, 9.17) is 9.57 Å². The van der Waals surface area contributed by atoms with Gasteiger partial charge in [0.05, 0.1) is 5.71 Å². The van der Waals surface area contributed by atoms with Crippen molar-refractivity contribution in [3.63, 3.8) is 0 Å². The number of likely N-dealkylation sites (tertiary alicyclic amines) is 1. The number of carbonyl (C=O) groups excluding carboxylic acids is 1. The van der Waals surface area contributed by atoms with E-state index in [0.717, 1.165) is 50.5 Å². The molecule has 37 heavy (non-hydrogen) atoms. The average molecular weight is 504 g/mol. The highest BCUT2D eigenvalue weighted by Gasteiger charge is 2.57. The zero-order valence-corrected chi connectivity index (χ0v) is 22.5. The van der Waals surface area contributed by atoms with Crippen molar-refractivity contribution in [2.24, 2.45) is 33.7 Å². The van der Waals surface area contributed by atoms with Gasteiger partial charge in [-0.15, -0.1) is 0 Å². The highest BCUT2D eigenvalue weighted by Crippen LogP contribution is 2.66.